The summed E-state index contributed by atoms with van der Waals surface area (Å²) in [5.41, 5.74) is 1.16. The van der Waals surface area contributed by atoms with Crippen LogP contribution in [0.2, 0.25) is 0 Å². The molecule has 0 bridgehead atoms. The van der Waals surface area contributed by atoms with Crippen LogP contribution in [-0.2, 0) is 11.3 Å². The second-order valence-corrected chi connectivity index (χ2v) is 5.19. The van der Waals surface area contributed by atoms with Gasteiger partial charge in [0, 0.05) is 17.6 Å². The summed E-state index contributed by atoms with van der Waals surface area (Å²) in [5.74, 6) is 0.849. The first-order valence-corrected chi connectivity index (χ1v) is 6.79. The molecule has 1 aromatic rings. The van der Waals surface area contributed by atoms with Crippen LogP contribution in [0.15, 0.2) is 22.7 Å². The van der Waals surface area contributed by atoms with Crippen LogP contribution >= 0.6 is 15.9 Å². The fraction of sp³-hybridized carbons (Fsp3) is 0.538. The van der Waals surface area contributed by atoms with Crippen molar-refractivity contribution >= 4 is 15.9 Å². The predicted molar refractivity (Wildman–Crippen MR) is 72.8 cm³/mol. The first-order valence-electron chi connectivity index (χ1n) is 5.99. The van der Waals surface area contributed by atoms with Crippen molar-refractivity contribution in [3.63, 3.8) is 0 Å². The molecule has 1 heterocycles. The number of halogens is 1. The first-order chi connectivity index (χ1) is 8.74. The Labute approximate surface area is 116 Å². The molecule has 1 unspecified atom stereocenters. The number of hydrogen-bond donors (Lipinski definition) is 1. The Kier molecular flexibility index (Phi) is 5.00. The van der Waals surface area contributed by atoms with Gasteiger partial charge < -0.3 is 14.6 Å². The molecule has 1 fully saturated rings. The minimum absolute atomic E-state index is 0.0804. The Hall–Kier alpha value is -0.620. The number of ether oxygens (including phenoxy) is 2. The van der Waals surface area contributed by atoms with Crippen molar-refractivity contribution in [3.05, 3.63) is 28.2 Å². The number of methoxy groups -OCH3 is 1. The van der Waals surface area contributed by atoms with E-state index in [1.165, 1.54) is 0 Å². The number of rotatable bonds is 4. The lowest BCUT2D eigenvalue weighted by molar-refractivity contribution is -0.0313. The van der Waals surface area contributed by atoms with Gasteiger partial charge in [-0.25, -0.2) is 0 Å². The third-order valence-corrected chi connectivity index (χ3v) is 3.96. The van der Waals surface area contributed by atoms with Gasteiger partial charge in [-0.2, -0.15) is 0 Å². The van der Waals surface area contributed by atoms with E-state index in [0.717, 1.165) is 35.5 Å². The average Bonchev–Trinajstić information content (AvgIpc) is 2.42. The minimum Gasteiger partial charge on any atom is -0.497 e. The zero-order chi connectivity index (χ0) is 13.0. The van der Waals surface area contributed by atoms with E-state index in [1.807, 2.05) is 18.2 Å². The fourth-order valence-electron chi connectivity index (χ4n) is 2.08. The molecule has 100 valence electrons. The molecule has 0 amide bonds. The van der Waals surface area contributed by atoms with Crippen LogP contribution in [0.1, 0.15) is 5.56 Å². The maximum atomic E-state index is 9.35. The summed E-state index contributed by atoms with van der Waals surface area (Å²) < 4.78 is 11.7. The second-order valence-electron chi connectivity index (χ2n) is 4.34. The molecule has 0 aliphatic carbocycles. The monoisotopic (exact) mass is 315 g/mol. The molecule has 1 aliphatic rings. The van der Waals surface area contributed by atoms with Crippen LogP contribution in [0.25, 0.3) is 0 Å². The normalized spacial score (nSPS) is 20.9. The lowest BCUT2D eigenvalue weighted by Crippen LogP contribution is -2.46. The van der Waals surface area contributed by atoms with Gasteiger partial charge in [0.05, 0.1) is 33.0 Å². The quantitative estimate of drug-likeness (QED) is 0.917. The average molecular weight is 316 g/mol. The van der Waals surface area contributed by atoms with Crippen LogP contribution in [-0.4, -0.2) is 49.5 Å². The molecule has 0 radical (unpaired) electrons. The zero-order valence-corrected chi connectivity index (χ0v) is 12.0. The van der Waals surface area contributed by atoms with E-state index in [1.54, 1.807) is 7.11 Å². The topological polar surface area (TPSA) is 41.9 Å². The highest BCUT2D eigenvalue weighted by molar-refractivity contribution is 9.10. The third kappa shape index (κ3) is 3.23. The molecule has 2 rings (SSSR count). The Balaban J connectivity index is 2.11. The maximum absolute atomic E-state index is 9.35. The van der Waals surface area contributed by atoms with Crippen molar-refractivity contribution in [1.82, 2.24) is 4.90 Å². The number of aliphatic hydroxyl groups excluding tert-OH is 1. The maximum Gasteiger partial charge on any atom is 0.119 e. The molecule has 18 heavy (non-hydrogen) atoms. The SMILES string of the molecule is COc1ccc(Br)c(CN2CCOCC2CO)c1. The van der Waals surface area contributed by atoms with E-state index in [4.69, 9.17) is 9.47 Å². The Morgan fingerprint density at radius 2 is 2.39 bits per heavy atom. The molecule has 0 aromatic heterocycles. The number of hydrogen-bond acceptors (Lipinski definition) is 4. The Morgan fingerprint density at radius 3 is 3.11 bits per heavy atom. The van der Waals surface area contributed by atoms with Crippen LogP contribution in [0.3, 0.4) is 0 Å². The smallest absolute Gasteiger partial charge is 0.119 e. The summed E-state index contributed by atoms with van der Waals surface area (Å²) >= 11 is 3.55. The molecule has 1 N–H and O–H groups in total. The van der Waals surface area contributed by atoms with Gasteiger partial charge in [-0.1, -0.05) is 15.9 Å². The van der Waals surface area contributed by atoms with Gasteiger partial charge in [0.2, 0.25) is 0 Å². The summed E-state index contributed by atoms with van der Waals surface area (Å²) in [6, 6.07) is 6.02. The van der Waals surface area contributed by atoms with Crippen LogP contribution in [0.5, 0.6) is 5.75 Å². The van der Waals surface area contributed by atoms with Gasteiger partial charge >= 0.3 is 0 Å². The van der Waals surface area contributed by atoms with Gasteiger partial charge in [-0.05, 0) is 23.8 Å². The van der Waals surface area contributed by atoms with E-state index in [-0.39, 0.29) is 12.6 Å². The van der Waals surface area contributed by atoms with Gasteiger partial charge in [-0.15, -0.1) is 0 Å². The molecule has 1 aromatic carbocycles. The Bertz CT molecular complexity index is 400. The summed E-state index contributed by atoms with van der Waals surface area (Å²) in [7, 11) is 1.66. The lowest BCUT2D eigenvalue weighted by Gasteiger charge is -2.34. The van der Waals surface area contributed by atoms with Crippen molar-refractivity contribution in [2.24, 2.45) is 0 Å². The van der Waals surface area contributed by atoms with Gasteiger partial charge in [0.25, 0.3) is 0 Å². The highest BCUT2D eigenvalue weighted by Crippen LogP contribution is 2.25. The van der Waals surface area contributed by atoms with E-state index in [0.29, 0.717) is 6.61 Å². The molecular weight excluding hydrogens is 298 g/mol. The predicted octanol–water partition coefficient (Wildman–Crippen LogP) is 1.65. The summed E-state index contributed by atoms with van der Waals surface area (Å²) in [5, 5.41) is 9.35. The number of nitrogens with zero attached hydrogens (tertiary/aromatic N) is 1. The van der Waals surface area contributed by atoms with Crippen LogP contribution < -0.4 is 4.74 Å². The largest absolute Gasteiger partial charge is 0.497 e. The molecule has 0 spiro atoms. The number of morpholine rings is 1. The highest BCUT2D eigenvalue weighted by atomic mass is 79.9. The number of aliphatic hydroxyl groups is 1. The van der Waals surface area contributed by atoms with Crippen LogP contribution in [0, 0.1) is 0 Å². The lowest BCUT2D eigenvalue weighted by atomic mass is 10.1. The van der Waals surface area contributed by atoms with E-state index < -0.39 is 0 Å². The van der Waals surface area contributed by atoms with Gasteiger partial charge in [0.15, 0.2) is 0 Å². The second kappa shape index (κ2) is 6.52. The number of benzene rings is 1. The highest BCUT2D eigenvalue weighted by Gasteiger charge is 2.22. The van der Waals surface area contributed by atoms with Crippen molar-refractivity contribution in [2.45, 2.75) is 12.6 Å². The molecule has 0 saturated carbocycles. The molecule has 1 aliphatic heterocycles. The molecular formula is C13H18BrNO3. The first kappa shape index (κ1) is 13.8. The molecule has 1 atom stereocenters. The minimum atomic E-state index is 0.0804. The Morgan fingerprint density at radius 1 is 1.56 bits per heavy atom. The summed E-state index contributed by atoms with van der Waals surface area (Å²) in [4.78, 5) is 2.24. The van der Waals surface area contributed by atoms with Crippen molar-refractivity contribution < 1.29 is 14.6 Å². The molecule has 1 saturated heterocycles. The molecule has 4 nitrogen and oxygen atoms in total. The van der Waals surface area contributed by atoms with Crippen LogP contribution in [0.4, 0.5) is 0 Å². The van der Waals surface area contributed by atoms with Gasteiger partial charge in [0.1, 0.15) is 5.75 Å². The zero-order valence-electron chi connectivity index (χ0n) is 10.4. The summed E-state index contributed by atoms with van der Waals surface area (Å²) in [6.07, 6.45) is 0. The van der Waals surface area contributed by atoms with E-state index >= 15 is 0 Å². The van der Waals surface area contributed by atoms with Crippen molar-refractivity contribution in [2.75, 3.05) is 33.5 Å². The standard InChI is InChI=1S/C13H18BrNO3/c1-17-12-2-3-13(14)10(6-12)7-15-4-5-18-9-11(15)8-16/h2-3,6,11,16H,4-5,7-9H2,1H3. The van der Waals surface area contributed by atoms with Crippen molar-refractivity contribution in [1.29, 1.82) is 0 Å². The summed E-state index contributed by atoms with van der Waals surface area (Å²) in [6.45, 7) is 3.07. The van der Waals surface area contributed by atoms with E-state index in [9.17, 15) is 5.11 Å². The van der Waals surface area contributed by atoms with E-state index in [2.05, 4.69) is 20.8 Å². The molecule has 5 heteroatoms. The fourth-order valence-corrected chi connectivity index (χ4v) is 2.46. The van der Waals surface area contributed by atoms with Crippen molar-refractivity contribution in [3.8, 4) is 5.75 Å². The van der Waals surface area contributed by atoms with Gasteiger partial charge in [-0.3, -0.25) is 4.90 Å². The third-order valence-electron chi connectivity index (χ3n) is 3.19.